The highest BCUT2D eigenvalue weighted by Gasteiger charge is 2.38. The van der Waals surface area contributed by atoms with Gasteiger partial charge in [0.1, 0.15) is 12.7 Å². The van der Waals surface area contributed by atoms with Gasteiger partial charge < -0.3 is 14.8 Å². The number of nitrogens with zero attached hydrogens (tertiary/aromatic N) is 1. The Kier molecular flexibility index (Phi) is 6.11. The van der Waals surface area contributed by atoms with Crippen LogP contribution in [0.2, 0.25) is 0 Å². The number of rotatable bonds is 6. The summed E-state index contributed by atoms with van der Waals surface area (Å²) in [4.78, 5) is 29.6. The van der Waals surface area contributed by atoms with Crippen LogP contribution in [0, 0.1) is 13.8 Å². The molecule has 1 aromatic heterocycles. The Bertz CT molecular complexity index is 1120. The van der Waals surface area contributed by atoms with E-state index in [4.69, 9.17) is 4.74 Å². The predicted molar refractivity (Wildman–Crippen MR) is 110 cm³/mol. The highest BCUT2D eigenvalue weighted by Crippen LogP contribution is 2.38. The summed E-state index contributed by atoms with van der Waals surface area (Å²) in [6, 6.07) is 8.74. The van der Waals surface area contributed by atoms with Crippen molar-refractivity contribution in [2.75, 3.05) is 24.4 Å². The summed E-state index contributed by atoms with van der Waals surface area (Å²) in [6.45, 7) is 2.72. The molecule has 0 radical (unpaired) electrons. The van der Waals surface area contributed by atoms with E-state index < -0.39 is 41.4 Å². The first-order valence-corrected chi connectivity index (χ1v) is 10.9. The standard InChI is InChI=1S/C20H22N2O7S/c1-12-8-13(2)21-17(12)9-16-15-6-4-5-7-18(15)22(19(16)24)20(25)28-10-14(23)11-29-30(3,26)27/h4-9,14,21,23H,10-11H2,1-3H3/b16-9-. The highest BCUT2D eigenvalue weighted by atomic mass is 32.2. The lowest BCUT2D eigenvalue weighted by Gasteiger charge is -2.17. The second kappa shape index (κ2) is 8.42. The Balaban J connectivity index is 1.80. The molecule has 1 aliphatic heterocycles. The molecule has 0 saturated heterocycles. The monoisotopic (exact) mass is 434 g/mol. The maximum Gasteiger partial charge on any atom is 0.421 e. The lowest BCUT2D eigenvalue weighted by atomic mass is 10.1. The summed E-state index contributed by atoms with van der Waals surface area (Å²) >= 11 is 0. The molecule has 1 aromatic carbocycles. The number of ether oxygens (including phenoxy) is 1. The number of hydrogen-bond acceptors (Lipinski definition) is 7. The number of benzene rings is 1. The molecule has 0 spiro atoms. The van der Waals surface area contributed by atoms with E-state index in [0.717, 1.165) is 28.1 Å². The lowest BCUT2D eigenvalue weighted by Crippen LogP contribution is -2.36. The van der Waals surface area contributed by atoms with Gasteiger partial charge in [-0.05, 0) is 37.6 Å². The fraction of sp³-hybridized carbons (Fsp3) is 0.300. The molecule has 1 unspecified atom stereocenters. The van der Waals surface area contributed by atoms with Crippen LogP contribution in [0.1, 0.15) is 22.5 Å². The number of fused-ring (bicyclic) bond motifs is 1. The summed E-state index contributed by atoms with van der Waals surface area (Å²) in [7, 11) is -3.74. The van der Waals surface area contributed by atoms with Gasteiger partial charge >= 0.3 is 6.09 Å². The van der Waals surface area contributed by atoms with E-state index in [1.165, 1.54) is 0 Å². The molecular formula is C20H22N2O7S. The van der Waals surface area contributed by atoms with Crippen molar-refractivity contribution < 1.29 is 32.0 Å². The van der Waals surface area contributed by atoms with Gasteiger partial charge in [-0.15, -0.1) is 0 Å². The van der Waals surface area contributed by atoms with E-state index in [0.29, 0.717) is 16.8 Å². The Morgan fingerprint density at radius 1 is 1.27 bits per heavy atom. The first-order chi connectivity index (χ1) is 14.1. The molecule has 10 heteroatoms. The average molecular weight is 434 g/mol. The molecule has 2 amide bonds. The fourth-order valence-electron chi connectivity index (χ4n) is 3.09. The number of anilines is 1. The molecule has 2 aromatic rings. The number of carbonyl (C=O) groups is 2. The van der Waals surface area contributed by atoms with Gasteiger partial charge in [-0.2, -0.15) is 8.42 Å². The molecule has 2 heterocycles. The van der Waals surface area contributed by atoms with Gasteiger partial charge in [0.15, 0.2) is 0 Å². The van der Waals surface area contributed by atoms with Crippen molar-refractivity contribution in [3.8, 4) is 0 Å². The topological polar surface area (TPSA) is 126 Å². The molecule has 2 N–H and O–H groups in total. The SMILES string of the molecule is Cc1cc(C)c(/C=C2\C(=O)N(C(=O)OCC(O)COS(C)(=O)=O)c3ccccc32)[nH]1. The lowest BCUT2D eigenvalue weighted by molar-refractivity contribution is -0.112. The van der Waals surface area contributed by atoms with E-state index >= 15 is 0 Å². The predicted octanol–water partition coefficient (Wildman–Crippen LogP) is 1.99. The molecular weight excluding hydrogens is 412 g/mol. The smallest absolute Gasteiger partial charge is 0.421 e. The Morgan fingerprint density at radius 3 is 2.60 bits per heavy atom. The number of hydrogen-bond donors (Lipinski definition) is 2. The van der Waals surface area contributed by atoms with Crippen LogP contribution in [0.3, 0.4) is 0 Å². The number of amides is 2. The molecule has 9 nitrogen and oxygen atoms in total. The van der Waals surface area contributed by atoms with Crippen LogP contribution in [0.25, 0.3) is 11.6 Å². The molecule has 3 rings (SSSR count). The van der Waals surface area contributed by atoms with E-state index in [1.807, 2.05) is 19.9 Å². The van der Waals surface area contributed by atoms with Crippen LogP contribution in [-0.4, -0.2) is 56.1 Å². The number of aromatic amines is 1. The molecule has 0 bridgehead atoms. The second-order valence-corrected chi connectivity index (χ2v) is 8.63. The van der Waals surface area contributed by atoms with Crippen molar-refractivity contribution in [2.45, 2.75) is 20.0 Å². The largest absolute Gasteiger partial charge is 0.446 e. The zero-order valence-corrected chi connectivity index (χ0v) is 17.5. The quantitative estimate of drug-likeness (QED) is 0.526. The van der Waals surface area contributed by atoms with Crippen molar-refractivity contribution in [3.63, 3.8) is 0 Å². The summed E-state index contributed by atoms with van der Waals surface area (Å²) in [5.41, 5.74) is 3.93. The first-order valence-electron chi connectivity index (χ1n) is 9.08. The number of para-hydroxylation sites is 1. The number of imide groups is 1. The van der Waals surface area contributed by atoms with Gasteiger partial charge in [0.2, 0.25) is 0 Å². The van der Waals surface area contributed by atoms with E-state index in [2.05, 4.69) is 9.17 Å². The van der Waals surface area contributed by atoms with Gasteiger partial charge in [-0.25, -0.2) is 9.69 Å². The summed E-state index contributed by atoms with van der Waals surface area (Å²) in [6.07, 6.45) is 0.183. The minimum Gasteiger partial charge on any atom is -0.446 e. The minimum absolute atomic E-state index is 0.327. The normalized spacial score (nSPS) is 16.1. The molecule has 1 aliphatic rings. The van der Waals surface area contributed by atoms with Crippen LogP contribution >= 0.6 is 0 Å². The second-order valence-electron chi connectivity index (χ2n) is 6.98. The molecule has 30 heavy (non-hydrogen) atoms. The molecule has 160 valence electrons. The van der Waals surface area contributed by atoms with E-state index in [-0.39, 0.29) is 0 Å². The van der Waals surface area contributed by atoms with E-state index in [9.17, 15) is 23.1 Å². The van der Waals surface area contributed by atoms with Gasteiger partial charge in [0.25, 0.3) is 16.0 Å². The van der Waals surface area contributed by atoms with E-state index in [1.54, 1.807) is 30.3 Å². The van der Waals surface area contributed by atoms with Crippen LogP contribution in [0.15, 0.2) is 30.3 Å². The van der Waals surface area contributed by atoms with Gasteiger partial charge in [-0.1, -0.05) is 18.2 Å². The van der Waals surface area contributed by atoms with Crippen LogP contribution in [0.5, 0.6) is 0 Å². The molecule has 0 fully saturated rings. The number of aliphatic hydroxyl groups is 1. The fourth-order valence-corrected chi connectivity index (χ4v) is 3.49. The maximum absolute atomic E-state index is 13.0. The van der Waals surface area contributed by atoms with Crippen molar-refractivity contribution in [2.24, 2.45) is 0 Å². The molecule has 1 atom stereocenters. The number of aromatic nitrogens is 1. The number of nitrogens with one attached hydrogen (secondary N) is 1. The third-order valence-electron chi connectivity index (χ3n) is 4.40. The number of aryl methyl sites for hydroxylation is 2. The van der Waals surface area contributed by atoms with Gasteiger partial charge in [0.05, 0.1) is 24.1 Å². The third-order valence-corrected chi connectivity index (χ3v) is 4.97. The Hall–Kier alpha value is -2.95. The Labute approximate surface area is 174 Å². The zero-order chi connectivity index (χ0) is 22.1. The molecule has 0 saturated carbocycles. The van der Waals surface area contributed by atoms with Crippen molar-refractivity contribution in [1.82, 2.24) is 4.98 Å². The third kappa shape index (κ3) is 4.78. The van der Waals surface area contributed by atoms with Gasteiger partial charge in [0, 0.05) is 17.0 Å². The van der Waals surface area contributed by atoms with Crippen LogP contribution in [0.4, 0.5) is 10.5 Å². The number of H-pyrrole nitrogens is 1. The maximum atomic E-state index is 13.0. The van der Waals surface area contributed by atoms with Crippen LogP contribution in [-0.2, 0) is 23.8 Å². The number of carbonyl (C=O) groups excluding carboxylic acids is 2. The van der Waals surface area contributed by atoms with Gasteiger partial charge in [-0.3, -0.25) is 8.98 Å². The average Bonchev–Trinajstić information content (AvgIpc) is 3.13. The summed E-state index contributed by atoms with van der Waals surface area (Å²) < 4.78 is 31.4. The zero-order valence-electron chi connectivity index (χ0n) is 16.7. The van der Waals surface area contributed by atoms with Crippen molar-refractivity contribution in [3.05, 3.63) is 52.8 Å². The summed E-state index contributed by atoms with van der Waals surface area (Å²) in [5.74, 6) is -0.560. The van der Waals surface area contributed by atoms with Crippen molar-refractivity contribution >= 4 is 39.5 Å². The van der Waals surface area contributed by atoms with Crippen molar-refractivity contribution in [1.29, 1.82) is 0 Å². The minimum atomic E-state index is -3.74. The number of aliphatic hydroxyl groups excluding tert-OH is 1. The summed E-state index contributed by atoms with van der Waals surface area (Å²) in [5, 5.41) is 9.76. The Morgan fingerprint density at radius 2 is 1.97 bits per heavy atom. The first kappa shape index (κ1) is 21.8. The highest BCUT2D eigenvalue weighted by molar-refractivity contribution is 7.85. The molecule has 0 aliphatic carbocycles. The van der Waals surface area contributed by atoms with Crippen LogP contribution < -0.4 is 4.90 Å².